The zero-order chi connectivity index (χ0) is 15.0. The second-order valence-corrected chi connectivity index (χ2v) is 4.95. The van der Waals surface area contributed by atoms with E-state index in [1.165, 1.54) is 4.68 Å². The first-order valence-corrected chi connectivity index (χ1v) is 6.50. The van der Waals surface area contributed by atoms with Gasteiger partial charge in [-0.05, 0) is 17.7 Å². The number of nitrogens with zero attached hydrogens (tertiary/aromatic N) is 2. The van der Waals surface area contributed by atoms with Gasteiger partial charge in [0.05, 0.1) is 13.7 Å². The molecule has 0 bridgehead atoms. The fourth-order valence-corrected chi connectivity index (χ4v) is 2.46. The highest BCUT2D eigenvalue weighted by atomic mass is 19.4. The Hall–Kier alpha value is -2.18. The van der Waals surface area contributed by atoms with Crippen LogP contribution in [0.25, 0.3) is 0 Å². The van der Waals surface area contributed by atoms with Gasteiger partial charge in [-0.1, -0.05) is 12.1 Å². The van der Waals surface area contributed by atoms with E-state index in [1.54, 1.807) is 7.11 Å². The molecule has 0 aliphatic carbocycles. The SMILES string of the molecule is COc1cccc(C2CNc3cc(C(F)(F)F)nn3C2)c1. The molecule has 21 heavy (non-hydrogen) atoms. The van der Waals surface area contributed by atoms with E-state index in [9.17, 15) is 13.2 Å². The first-order valence-electron chi connectivity index (χ1n) is 6.50. The average Bonchev–Trinajstić information content (AvgIpc) is 2.90. The van der Waals surface area contributed by atoms with Crippen LogP contribution in [0.1, 0.15) is 17.2 Å². The van der Waals surface area contributed by atoms with Gasteiger partial charge >= 0.3 is 6.18 Å². The van der Waals surface area contributed by atoms with E-state index < -0.39 is 11.9 Å². The van der Waals surface area contributed by atoms with Crippen molar-refractivity contribution < 1.29 is 17.9 Å². The zero-order valence-electron chi connectivity index (χ0n) is 11.3. The second-order valence-electron chi connectivity index (χ2n) is 4.95. The maximum atomic E-state index is 12.7. The predicted octanol–water partition coefficient (Wildman–Crippen LogP) is 3.12. The van der Waals surface area contributed by atoms with Gasteiger partial charge in [0, 0.05) is 18.5 Å². The van der Waals surface area contributed by atoms with E-state index in [1.807, 2.05) is 24.3 Å². The molecule has 112 valence electrons. The van der Waals surface area contributed by atoms with E-state index >= 15 is 0 Å². The van der Waals surface area contributed by atoms with Crippen molar-refractivity contribution in [1.29, 1.82) is 0 Å². The Bertz CT molecular complexity index is 651. The Kier molecular flexibility index (Phi) is 3.27. The minimum absolute atomic E-state index is 0.0496. The van der Waals surface area contributed by atoms with Crippen LogP contribution in [-0.4, -0.2) is 23.4 Å². The number of hydrogen-bond acceptors (Lipinski definition) is 3. The molecule has 0 fully saturated rings. The molecular formula is C14H14F3N3O. The van der Waals surface area contributed by atoms with Crippen molar-refractivity contribution in [3.8, 4) is 5.75 Å². The summed E-state index contributed by atoms with van der Waals surface area (Å²) in [5.41, 5.74) is 0.146. The summed E-state index contributed by atoms with van der Waals surface area (Å²) in [7, 11) is 1.58. The van der Waals surface area contributed by atoms with Crippen molar-refractivity contribution in [2.75, 3.05) is 19.0 Å². The largest absolute Gasteiger partial charge is 0.497 e. The summed E-state index contributed by atoms with van der Waals surface area (Å²) in [6.07, 6.45) is -4.42. The number of fused-ring (bicyclic) bond motifs is 1. The van der Waals surface area contributed by atoms with Crippen molar-refractivity contribution in [3.63, 3.8) is 0 Å². The Labute approximate surface area is 119 Å². The number of hydrogen-bond donors (Lipinski definition) is 1. The summed E-state index contributed by atoms with van der Waals surface area (Å²) in [4.78, 5) is 0. The minimum Gasteiger partial charge on any atom is -0.497 e. The molecule has 1 N–H and O–H groups in total. The van der Waals surface area contributed by atoms with Gasteiger partial charge in [-0.15, -0.1) is 0 Å². The van der Waals surface area contributed by atoms with Gasteiger partial charge in [-0.3, -0.25) is 0 Å². The molecule has 2 aromatic rings. The third-order valence-corrected chi connectivity index (χ3v) is 3.56. The summed E-state index contributed by atoms with van der Waals surface area (Å²) in [5, 5.41) is 6.64. The number of ether oxygens (including phenoxy) is 1. The molecule has 0 radical (unpaired) electrons. The fraction of sp³-hybridized carbons (Fsp3) is 0.357. The lowest BCUT2D eigenvalue weighted by molar-refractivity contribution is -0.141. The number of methoxy groups -OCH3 is 1. The van der Waals surface area contributed by atoms with Crippen LogP contribution < -0.4 is 10.1 Å². The molecule has 1 unspecified atom stereocenters. The van der Waals surface area contributed by atoms with Crippen LogP contribution in [0.3, 0.4) is 0 Å². The molecule has 3 rings (SSSR count). The van der Waals surface area contributed by atoms with E-state index in [2.05, 4.69) is 10.4 Å². The molecule has 1 atom stereocenters. The Morgan fingerprint density at radius 3 is 2.86 bits per heavy atom. The van der Waals surface area contributed by atoms with Gasteiger partial charge in [-0.2, -0.15) is 18.3 Å². The van der Waals surface area contributed by atoms with Crippen molar-refractivity contribution in [1.82, 2.24) is 9.78 Å². The van der Waals surface area contributed by atoms with Crippen molar-refractivity contribution in [3.05, 3.63) is 41.6 Å². The van der Waals surface area contributed by atoms with Crippen molar-refractivity contribution in [2.45, 2.75) is 18.6 Å². The number of nitrogens with one attached hydrogen (secondary N) is 1. The standard InChI is InChI=1S/C14H14F3N3O/c1-21-11-4-2-3-9(5-11)10-7-18-13-6-12(14(15,16)17)19-20(13)8-10/h2-6,10,18H,7-8H2,1H3. The number of anilines is 1. The quantitative estimate of drug-likeness (QED) is 0.925. The number of alkyl halides is 3. The van der Waals surface area contributed by atoms with Gasteiger partial charge in [0.15, 0.2) is 5.69 Å². The topological polar surface area (TPSA) is 39.1 Å². The molecule has 0 spiro atoms. The molecular weight excluding hydrogens is 283 g/mol. The molecule has 4 nitrogen and oxygen atoms in total. The lowest BCUT2D eigenvalue weighted by atomic mass is 9.97. The van der Waals surface area contributed by atoms with Crippen LogP contribution >= 0.6 is 0 Å². The van der Waals surface area contributed by atoms with E-state index in [0.717, 1.165) is 17.4 Å². The molecule has 0 saturated heterocycles. The summed E-state index contributed by atoms with van der Waals surface area (Å²) < 4.78 is 44.6. The predicted molar refractivity (Wildman–Crippen MR) is 71.5 cm³/mol. The van der Waals surface area contributed by atoms with Crippen molar-refractivity contribution >= 4 is 5.82 Å². The van der Waals surface area contributed by atoms with Crippen LogP contribution in [0.2, 0.25) is 0 Å². The summed E-state index contributed by atoms with van der Waals surface area (Å²) in [6.45, 7) is 0.974. The molecule has 1 aliphatic rings. The summed E-state index contributed by atoms with van der Waals surface area (Å²) >= 11 is 0. The zero-order valence-corrected chi connectivity index (χ0v) is 11.3. The second kappa shape index (κ2) is 4.98. The molecule has 7 heteroatoms. The fourth-order valence-electron chi connectivity index (χ4n) is 2.46. The Morgan fingerprint density at radius 1 is 1.33 bits per heavy atom. The first kappa shape index (κ1) is 13.8. The van der Waals surface area contributed by atoms with E-state index in [-0.39, 0.29) is 5.92 Å². The molecule has 1 aromatic heterocycles. The number of benzene rings is 1. The lowest BCUT2D eigenvalue weighted by Gasteiger charge is -2.25. The Morgan fingerprint density at radius 2 is 2.14 bits per heavy atom. The maximum Gasteiger partial charge on any atom is 0.435 e. The maximum absolute atomic E-state index is 12.7. The molecule has 0 amide bonds. The third-order valence-electron chi connectivity index (χ3n) is 3.56. The van der Waals surface area contributed by atoms with Crippen LogP contribution in [0, 0.1) is 0 Å². The van der Waals surface area contributed by atoms with Crippen LogP contribution in [0.4, 0.5) is 19.0 Å². The smallest absolute Gasteiger partial charge is 0.435 e. The average molecular weight is 297 g/mol. The van der Waals surface area contributed by atoms with E-state index in [0.29, 0.717) is 18.9 Å². The highest BCUT2D eigenvalue weighted by molar-refractivity contribution is 5.42. The number of rotatable bonds is 2. The van der Waals surface area contributed by atoms with Gasteiger partial charge in [0.2, 0.25) is 0 Å². The van der Waals surface area contributed by atoms with Gasteiger partial charge in [0.1, 0.15) is 11.6 Å². The van der Waals surface area contributed by atoms with Crippen LogP contribution in [-0.2, 0) is 12.7 Å². The van der Waals surface area contributed by atoms with Crippen LogP contribution in [0.15, 0.2) is 30.3 Å². The third kappa shape index (κ3) is 2.68. The Balaban J connectivity index is 1.85. The van der Waals surface area contributed by atoms with Gasteiger partial charge < -0.3 is 10.1 Å². The van der Waals surface area contributed by atoms with Gasteiger partial charge in [0.25, 0.3) is 0 Å². The van der Waals surface area contributed by atoms with Crippen molar-refractivity contribution in [2.24, 2.45) is 0 Å². The van der Waals surface area contributed by atoms with Crippen LogP contribution in [0.5, 0.6) is 5.75 Å². The number of halogens is 3. The monoisotopic (exact) mass is 297 g/mol. The molecule has 1 aliphatic heterocycles. The lowest BCUT2D eigenvalue weighted by Crippen LogP contribution is -2.26. The first-order chi connectivity index (χ1) is 9.97. The van der Waals surface area contributed by atoms with Gasteiger partial charge in [-0.25, -0.2) is 4.68 Å². The number of aromatic nitrogens is 2. The molecule has 0 saturated carbocycles. The highest BCUT2D eigenvalue weighted by Gasteiger charge is 2.36. The minimum atomic E-state index is -4.42. The molecule has 1 aromatic carbocycles. The normalized spacial score (nSPS) is 18.0. The summed E-state index contributed by atoms with van der Waals surface area (Å²) in [5.74, 6) is 1.18. The molecule has 2 heterocycles. The van der Waals surface area contributed by atoms with E-state index in [4.69, 9.17) is 4.74 Å². The summed E-state index contributed by atoms with van der Waals surface area (Å²) in [6, 6.07) is 8.58. The highest BCUT2D eigenvalue weighted by Crippen LogP contribution is 2.33.